The SMILES string of the molecule is COCC(=O)NCCCn1c(-c2ccc(OC(F)(F)F)cc2)csc1=NC(=O)c1cccc(C(N)=O)n1. The van der Waals surface area contributed by atoms with Gasteiger partial charge in [-0.25, -0.2) is 4.98 Å². The van der Waals surface area contributed by atoms with Crippen molar-refractivity contribution in [1.82, 2.24) is 14.9 Å². The van der Waals surface area contributed by atoms with Gasteiger partial charge in [-0.1, -0.05) is 6.07 Å². The maximum Gasteiger partial charge on any atom is 0.573 e. The van der Waals surface area contributed by atoms with Crippen LogP contribution >= 0.6 is 11.3 Å². The van der Waals surface area contributed by atoms with Crippen molar-refractivity contribution in [2.24, 2.45) is 10.7 Å². The topological polar surface area (TPSA) is 138 Å². The van der Waals surface area contributed by atoms with Gasteiger partial charge < -0.3 is 25.1 Å². The zero-order chi connectivity index (χ0) is 27.0. The van der Waals surface area contributed by atoms with Crippen LogP contribution in [0.2, 0.25) is 0 Å². The summed E-state index contributed by atoms with van der Waals surface area (Å²) in [4.78, 5) is 44.1. The molecule has 37 heavy (non-hydrogen) atoms. The Morgan fingerprint density at radius 2 is 1.84 bits per heavy atom. The number of nitrogens with zero attached hydrogens (tertiary/aromatic N) is 3. The summed E-state index contributed by atoms with van der Waals surface area (Å²) in [6.07, 6.45) is -4.37. The number of rotatable bonds is 10. The highest BCUT2D eigenvalue weighted by Crippen LogP contribution is 2.27. The molecule has 0 aliphatic heterocycles. The number of methoxy groups -OCH3 is 1. The van der Waals surface area contributed by atoms with Gasteiger partial charge in [0.25, 0.3) is 11.8 Å². The van der Waals surface area contributed by atoms with Crippen molar-refractivity contribution in [2.45, 2.75) is 19.3 Å². The maximum atomic E-state index is 12.8. The minimum absolute atomic E-state index is 0.0849. The zero-order valence-electron chi connectivity index (χ0n) is 19.4. The molecule has 0 bridgehead atoms. The molecule has 0 radical (unpaired) electrons. The molecule has 0 atom stereocenters. The van der Waals surface area contributed by atoms with Crippen LogP contribution in [-0.2, 0) is 16.1 Å². The number of alkyl halides is 3. The fourth-order valence-corrected chi connectivity index (χ4v) is 4.11. The van der Waals surface area contributed by atoms with E-state index in [4.69, 9.17) is 10.5 Å². The molecule has 0 saturated carbocycles. The number of carbonyl (C=O) groups excluding carboxylic acids is 3. The van der Waals surface area contributed by atoms with E-state index in [1.54, 1.807) is 9.95 Å². The number of nitrogens with two attached hydrogens (primary N) is 1. The molecular weight excluding hydrogens is 515 g/mol. The zero-order valence-corrected chi connectivity index (χ0v) is 20.3. The quantitative estimate of drug-likeness (QED) is 0.381. The van der Waals surface area contributed by atoms with E-state index in [0.717, 1.165) is 11.3 Å². The number of halogens is 3. The van der Waals surface area contributed by atoms with E-state index in [1.165, 1.54) is 49.6 Å². The molecule has 0 saturated heterocycles. The van der Waals surface area contributed by atoms with Crippen LogP contribution in [0.4, 0.5) is 13.2 Å². The molecule has 2 aromatic heterocycles. The summed E-state index contributed by atoms with van der Waals surface area (Å²) in [6, 6.07) is 9.46. The molecule has 196 valence electrons. The molecule has 1 aromatic carbocycles. The van der Waals surface area contributed by atoms with E-state index in [-0.39, 0.29) is 34.5 Å². The van der Waals surface area contributed by atoms with Gasteiger partial charge in [0.1, 0.15) is 23.7 Å². The lowest BCUT2D eigenvalue weighted by atomic mass is 10.1. The van der Waals surface area contributed by atoms with Crippen LogP contribution in [0.15, 0.2) is 52.8 Å². The first kappa shape index (κ1) is 27.5. The molecule has 0 unspecified atom stereocenters. The van der Waals surface area contributed by atoms with Crippen LogP contribution < -0.4 is 20.6 Å². The van der Waals surface area contributed by atoms with Crippen LogP contribution in [0.25, 0.3) is 11.3 Å². The van der Waals surface area contributed by atoms with Crippen molar-refractivity contribution in [1.29, 1.82) is 0 Å². The van der Waals surface area contributed by atoms with E-state index >= 15 is 0 Å². The third kappa shape index (κ3) is 7.98. The van der Waals surface area contributed by atoms with Crippen LogP contribution in [-0.4, -0.2) is 53.9 Å². The van der Waals surface area contributed by atoms with Gasteiger partial charge in [-0.2, -0.15) is 4.99 Å². The van der Waals surface area contributed by atoms with E-state index in [2.05, 4.69) is 20.0 Å². The van der Waals surface area contributed by atoms with Crippen molar-refractivity contribution >= 4 is 29.1 Å². The molecule has 3 amide bonds. The van der Waals surface area contributed by atoms with Gasteiger partial charge in [-0.15, -0.1) is 24.5 Å². The van der Waals surface area contributed by atoms with E-state index in [9.17, 15) is 27.6 Å². The Morgan fingerprint density at radius 3 is 2.49 bits per heavy atom. The summed E-state index contributed by atoms with van der Waals surface area (Å²) in [5.74, 6) is -2.18. The highest BCUT2D eigenvalue weighted by Gasteiger charge is 2.31. The van der Waals surface area contributed by atoms with Gasteiger partial charge in [0.2, 0.25) is 5.91 Å². The lowest BCUT2D eigenvalue weighted by Crippen LogP contribution is -2.29. The summed E-state index contributed by atoms with van der Waals surface area (Å²) < 4.78 is 47.9. The first-order valence-corrected chi connectivity index (χ1v) is 11.6. The molecule has 0 fully saturated rings. The van der Waals surface area contributed by atoms with E-state index < -0.39 is 18.2 Å². The van der Waals surface area contributed by atoms with Crippen molar-refractivity contribution in [3.63, 3.8) is 0 Å². The number of ether oxygens (including phenoxy) is 2. The first-order valence-electron chi connectivity index (χ1n) is 10.7. The summed E-state index contributed by atoms with van der Waals surface area (Å²) in [5.41, 5.74) is 6.18. The monoisotopic (exact) mass is 537 g/mol. The molecule has 3 aromatic rings. The van der Waals surface area contributed by atoms with Crippen molar-refractivity contribution < 1.29 is 37.0 Å². The van der Waals surface area contributed by atoms with Gasteiger partial charge in [-0.3, -0.25) is 14.4 Å². The number of benzene rings is 1. The second-order valence-corrected chi connectivity index (χ2v) is 8.29. The van der Waals surface area contributed by atoms with Gasteiger partial charge in [0, 0.05) is 25.6 Å². The van der Waals surface area contributed by atoms with Gasteiger partial charge in [-0.05, 0) is 48.4 Å². The van der Waals surface area contributed by atoms with E-state index in [1.807, 2.05) is 0 Å². The molecular formula is C23H22F3N5O5S. The average Bonchev–Trinajstić information content (AvgIpc) is 3.23. The number of nitrogens with one attached hydrogen (secondary N) is 1. The van der Waals surface area contributed by atoms with Crippen molar-refractivity contribution in [3.8, 4) is 17.0 Å². The van der Waals surface area contributed by atoms with Gasteiger partial charge in [0.15, 0.2) is 4.80 Å². The molecule has 14 heteroatoms. The summed E-state index contributed by atoms with van der Waals surface area (Å²) in [7, 11) is 1.40. The second kappa shape index (κ2) is 12.3. The Morgan fingerprint density at radius 1 is 1.14 bits per heavy atom. The molecule has 0 aliphatic rings. The predicted molar refractivity (Wildman–Crippen MR) is 127 cm³/mol. The minimum atomic E-state index is -4.82. The first-order chi connectivity index (χ1) is 17.6. The largest absolute Gasteiger partial charge is 0.573 e. The van der Waals surface area contributed by atoms with Gasteiger partial charge in [0.05, 0.1) is 5.69 Å². The van der Waals surface area contributed by atoms with Gasteiger partial charge >= 0.3 is 6.36 Å². The third-order valence-corrected chi connectivity index (χ3v) is 5.62. The van der Waals surface area contributed by atoms with Crippen LogP contribution in [0.1, 0.15) is 27.4 Å². The molecule has 0 aliphatic carbocycles. The Balaban J connectivity index is 1.92. The number of pyridine rings is 1. The lowest BCUT2D eigenvalue weighted by Gasteiger charge is -2.12. The van der Waals surface area contributed by atoms with E-state index in [0.29, 0.717) is 30.8 Å². The normalized spacial score (nSPS) is 11.8. The lowest BCUT2D eigenvalue weighted by molar-refractivity contribution is -0.274. The number of primary amides is 1. The Hall–Kier alpha value is -4.04. The molecule has 0 spiro atoms. The number of aromatic nitrogens is 2. The number of carbonyl (C=O) groups is 3. The standard InChI is InChI=1S/C23H22F3N5O5S/c1-35-12-19(32)28-10-3-11-31-18(14-6-8-15(9-7-14)36-23(24,25)26)13-37-22(31)30-21(34)17-5-2-4-16(29-17)20(27)33/h2,4-9,13H,3,10-12H2,1H3,(H2,27,33)(H,28,32). The fraction of sp³-hybridized carbons (Fsp3) is 0.261. The predicted octanol–water partition coefficient (Wildman–Crippen LogP) is 2.50. The Bertz CT molecular complexity index is 1340. The summed E-state index contributed by atoms with van der Waals surface area (Å²) in [6.45, 7) is 0.530. The van der Waals surface area contributed by atoms with Crippen molar-refractivity contribution in [2.75, 3.05) is 20.3 Å². The van der Waals surface area contributed by atoms with Crippen LogP contribution in [0, 0.1) is 0 Å². The Kier molecular flexibility index (Phi) is 9.14. The average molecular weight is 538 g/mol. The number of hydrogen-bond acceptors (Lipinski definition) is 7. The third-order valence-electron chi connectivity index (χ3n) is 4.76. The fourth-order valence-electron chi connectivity index (χ4n) is 3.18. The van der Waals surface area contributed by atoms with Crippen molar-refractivity contribution in [3.05, 3.63) is 64.0 Å². The smallest absolute Gasteiger partial charge is 0.406 e. The number of hydrogen-bond donors (Lipinski definition) is 2. The molecule has 3 N–H and O–H groups in total. The summed E-state index contributed by atoms with van der Waals surface area (Å²) >= 11 is 1.13. The molecule has 3 rings (SSSR count). The molecule has 10 nitrogen and oxygen atoms in total. The number of amides is 3. The van der Waals surface area contributed by atoms with Crippen LogP contribution in [0.3, 0.4) is 0 Å². The number of thiazole rings is 1. The maximum absolute atomic E-state index is 12.8. The molecule has 2 heterocycles. The minimum Gasteiger partial charge on any atom is -0.406 e. The highest BCUT2D eigenvalue weighted by atomic mass is 32.1. The van der Waals surface area contributed by atoms with Crippen LogP contribution in [0.5, 0.6) is 5.75 Å². The highest BCUT2D eigenvalue weighted by molar-refractivity contribution is 7.07. The summed E-state index contributed by atoms with van der Waals surface area (Å²) in [5, 5.41) is 4.39. The Labute approximate surface area is 212 Å². The second-order valence-electron chi connectivity index (χ2n) is 7.45.